The van der Waals surface area contributed by atoms with Crippen LogP contribution in [-0.2, 0) is 11.2 Å². The molecule has 1 saturated heterocycles. The van der Waals surface area contributed by atoms with Crippen molar-refractivity contribution >= 4 is 52.4 Å². The number of carbonyl (C=O) groups is 2. The summed E-state index contributed by atoms with van der Waals surface area (Å²) >= 11 is 12.2. The third-order valence-electron chi connectivity index (χ3n) is 5.68. The van der Waals surface area contributed by atoms with Crippen molar-refractivity contribution in [2.45, 2.75) is 12.5 Å². The smallest absolute Gasteiger partial charge is 0.326 e. The first-order valence-corrected chi connectivity index (χ1v) is 11.5. The summed E-state index contributed by atoms with van der Waals surface area (Å²) in [7, 11) is 0. The molecule has 0 aliphatic carbocycles. The maximum Gasteiger partial charge on any atom is 0.326 e. The van der Waals surface area contributed by atoms with Crippen LogP contribution in [0.5, 0.6) is 0 Å². The lowest BCUT2D eigenvalue weighted by Gasteiger charge is -2.32. The van der Waals surface area contributed by atoms with E-state index in [4.69, 9.17) is 23.4 Å². The SMILES string of the molecule is O=C(O)[C@H](Cc1ccc(C(=O)N(Cl)c2ncccc2Cl)cc1)Nc1c(N2CCNCC2)c(=O)c1=O. The van der Waals surface area contributed by atoms with Crippen LogP contribution in [0.3, 0.4) is 0 Å². The van der Waals surface area contributed by atoms with Gasteiger partial charge >= 0.3 is 5.97 Å². The maximum absolute atomic E-state index is 12.7. The summed E-state index contributed by atoms with van der Waals surface area (Å²) in [6.07, 6.45) is 1.47. The molecule has 3 aromatic rings. The molecule has 2 aromatic carbocycles. The average Bonchev–Trinajstić information content (AvgIpc) is 2.87. The first-order valence-electron chi connectivity index (χ1n) is 10.8. The van der Waals surface area contributed by atoms with Gasteiger partial charge in [-0.2, -0.15) is 4.42 Å². The topological polar surface area (TPSA) is 132 Å². The summed E-state index contributed by atoms with van der Waals surface area (Å²) in [5.74, 6) is -1.65. The third-order valence-corrected chi connectivity index (χ3v) is 6.29. The molecule has 35 heavy (non-hydrogen) atoms. The highest BCUT2D eigenvalue weighted by molar-refractivity contribution is 6.42. The summed E-state index contributed by atoms with van der Waals surface area (Å²) in [5.41, 5.74) is -0.226. The molecule has 0 bridgehead atoms. The first-order chi connectivity index (χ1) is 16.8. The molecule has 3 N–H and O–H groups in total. The third kappa shape index (κ3) is 5.14. The Morgan fingerprint density at radius 3 is 2.46 bits per heavy atom. The second kappa shape index (κ2) is 10.4. The van der Waals surface area contributed by atoms with E-state index in [1.807, 2.05) is 0 Å². The molecule has 10 nitrogen and oxygen atoms in total. The van der Waals surface area contributed by atoms with Gasteiger partial charge in [0.05, 0.1) is 5.02 Å². The molecule has 1 fully saturated rings. The largest absolute Gasteiger partial charge is 0.480 e. The van der Waals surface area contributed by atoms with Crippen LogP contribution in [0, 0.1) is 0 Å². The van der Waals surface area contributed by atoms with E-state index in [0.29, 0.717) is 31.7 Å². The fraction of sp³-hybridized carbons (Fsp3) is 0.261. The van der Waals surface area contributed by atoms with Crippen LogP contribution >= 0.6 is 23.4 Å². The molecular formula is C23H21Cl2N5O5. The van der Waals surface area contributed by atoms with Gasteiger partial charge in [-0.05, 0) is 29.8 Å². The van der Waals surface area contributed by atoms with E-state index in [1.165, 1.54) is 18.3 Å². The number of hydrogen-bond acceptors (Lipinski definition) is 8. The lowest BCUT2D eigenvalue weighted by Crippen LogP contribution is -2.51. The molecule has 1 atom stereocenters. The Bertz CT molecular complexity index is 1320. The molecule has 182 valence electrons. The number of amides is 1. The Balaban J connectivity index is 1.47. The number of carboxylic acids is 1. The van der Waals surface area contributed by atoms with Gasteiger partial charge in [0.15, 0.2) is 5.82 Å². The van der Waals surface area contributed by atoms with Crippen LogP contribution < -0.4 is 30.8 Å². The Hall–Kier alpha value is -3.47. The number of anilines is 3. The van der Waals surface area contributed by atoms with Crippen molar-refractivity contribution in [2.24, 2.45) is 0 Å². The van der Waals surface area contributed by atoms with Crippen LogP contribution in [0.4, 0.5) is 17.2 Å². The number of nitrogens with one attached hydrogen (secondary N) is 2. The van der Waals surface area contributed by atoms with E-state index in [1.54, 1.807) is 29.2 Å². The zero-order valence-corrected chi connectivity index (χ0v) is 19.8. The number of benzene rings is 1. The molecule has 4 rings (SSSR count). The van der Waals surface area contributed by atoms with E-state index in [9.17, 15) is 24.3 Å². The average molecular weight is 518 g/mol. The number of nitrogens with zero attached hydrogens (tertiary/aromatic N) is 3. The lowest BCUT2D eigenvalue weighted by molar-refractivity contribution is -0.137. The molecule has 2 heterocycles. The Morgan fingerprint density at radius 1 is 1.14 bits per heavy atom. The Morgan fingerprint density at radius 2 is 1.83 bits per heavy atom. The van der Waals surface area contributed by atoms with Gasteiger partial charge in [-0.1, -0.05) is 23.7 Å². The molecular weight excluding hydrogens is 497 g/mol. The van der Waals surface area contributed by atoms with Crippen LogP contribution in [-0.4, -0.2) is 54.2 Å². The fourth-order valence-corrected chi connectivity index (χ4v) is 4.31. The van der Waals surface area contributed by atoms with Crippen molar-refractivity contribution < 1.29 is 14.7 Å². The molecule has 0 saturated carbocycles. The summed E-state index contributed by atoms with van der Waals surface area (Å²) in [5, 5.41) is 15.8. The highest BCUT2D eigenvalue weighted by Crippen LogP contribution is 2.26. The van der Waals surface area contributed by atoms with Crippen LogP contribution in [0.15, 0.2) is 52.2 Å². The number of carbonyl (C=O) groups excluding carboxylic acids is 1. The standard InChI is InChI=1S/C23H21Cl2N5O5/c24-15-2-1-7-27-21(15)30(25)22(33)14-5-3-13(4-6-14)12-16(23(34)35)28-17-18(20(32)19(17)31)29-10-8-26-9-11-29/h1-7,16,26,28H,8-12H2,(H,34,35)/t16-/m0/s1. The number of piperazine rings is 1. The molecule has 12 heteroatoms. The number of pyridine rings is 1. The van der Waals surface area contributed by atoms with Crippen LogP contribution in [0.2, 0.25) is 5.02 Å². The number of rotatable bonds is 8. The molecule has 1 aliphatic heterocycles. The van der Waals surface area contributed by atoms with E-state index < -0.39 is 28.8 Å². The normalized spacial score (nSPS) is 14.5. The number of carboxylic acid groups (broad SMARTS) is 1. The molecule has 1 aromatic heterocycles. The van der Waals surface area contributed by atoms with E-state index in [2.05, 4.69) is 15.6 Å². The van der Waals surface area contributed by atoms with Crippen molar-refractivity contribution in [2.75, 3.05) is 40.8 Å². The van der Waals surface area contributed by atoms with Gasteiger partial charge in [-0.15, -0.1) is 0 Å². The Kier molecular flexibility index (Phi) is 7.34. The van der Waals surface area contributed by atoms with Crippen LogP contribution in [0.1, 0.15) is 15.9 Å². The fourth-order valence-electron chi connectivity index (χ4n) is 3.83. The van der Waals surface area contributed by atoms with Crippen molar-refractivity contribution in [1.29, 1.82) is 0 Å². The second-order valence-electron chi connectivity index (χ2n) is 7.95. The molecule has 0 unspecified atom stereocenters. The number of hydrogen-bond donors (Lipinski definition) is 3. The lowest BCUT2D eigenvalue weighted by atomic mass is 10.0. The minimum atomic E-state index is -1.18. The number of aromatic nitrogens is 1. The summed E-state index contributed by atoms with van der Waals surface area (Å²) in [4.78, 5) is 54.7. The van der Waals surface area contributed by atoms with E-state index in [-0.39, 0.29) is 34.2 Å². The second-order valence-corrected chi connectivity index (χ2v) is 8.70. The van der Waals surface area contributed by atoms with Crippen molar-refractivity contribution in [3.63, 3.8) is 0 Å². The molecule has 1 amide bonds. The quantitative estimate of drug-likeness (QED) is 0.301. The summed E-state index contributed by atoms with van der Waals surface area (Å²) < 4.78 is 0.808. The van der Waals surface area contributed by atoms with Crippen LogP contribution in [0.25, 0.3) is 0 Å². The van der Waals surface area contributed by atoms with Gasteiger partial charge in [-0.25, -0.2) is 9.78 Å². The molecule has 0 radical (unpaired) electrons. The highest BCUT2D eigenvalue weighted by atomic mass is 35.5. The van der Waals surface area contributed by atoms with Crippen molar-refractivity contribution in [3.8, 4) is 0 Å². The predicted molar refractivity (Wildman–Crippen MR) is 134 cm³/mol. The summed E-state index contributed by atoms with van der Waals surface area (Å²) in [6.45, 7) is 2.43. The van der Waals surface area contributed by atoms with Gasteiger partial charge in [0.1, 0.15) is 17.4 Å². The maximum atomic E-state index is 12.7. The minimum Gasteiger partial charge on any atom is -0.480 e. The number of aliphatic carboxylic acids is 1. The minimum absolute atomic E-state index is 0.0142. The molecule has 1 aliphatic rings. The monoisotopic (exact) mass is 517 g/mol. The number of halogens is 2. The van der Waals surface area contributed by atoms with Crippen molar-refractivity contribution in [3.05, 3.63) is 79.2 Å². The van der Waals surface area contributed by atoms with E-state index in [0.717, 1.165) is 4.42 Å². The zero-order chi connectivity index (χ0) is 25.1. The van der Waals surface area contributed by atoms with Gasteiger partial charge in [0.25, 0.3) is 16.8 Å². The summed E-state index contributed by atoms with van der Waals surface area (Å²) in [6, 6.07) is 8.21. The Labute approximate surface area is 209 Å². The van der Waals surface area contributed by atoms with Crippen molar-refractivity contribution in [1.82, 2.24) is 10.3 Å². The van der Waals surface area contributed by atoms with Gasteiger partial charge in [0.2, 0.25) is 0 Å². The van der Waals surface area contributed by atoms with Gasteiger partial charge < -0.3 is 20.6 Å². The highest BCUT2D eigenvalue weighted by Gasteiger charge is 2.30. The molecule has 0 spiro atoms. The zero-order valence-electron chi connectivity index (χ0n) is 18.3. The van der Waals surface area contributed by atoms with Gasteiger partial charge in [0, 0.05) is 56.1 Å². The predicted octanol–water partition coefficient (Wildman–Crippen LogP) is 1.65. The first kappa shape index (κ1) is 24.6. The van der Waals surface area contributed by atoms with E-state index >= 15 is 0 Å². The van der Waals surface area contributed by atoms with Gasteiger partial charge in [-0.3, -0.25) is 14.4 Å².